The highest BCUT2D eigenvalue weighted by Gasteiger charge is 2.23. The number of hydrogen-bond donors (Lipinski definition) is 2. The number of esters is 1. The normalized spacial score (nSPS) is 12.2. The molecule has 2 N–H and O–H groups in total. The Morgan fingerprint density at radius 3 is 2.50 bits per heavy atom. The molecule has 0 saturated heterocycles. The second kappa shape index (κ2) is 8.78. The minimum absolute atomic E-state index is 0.0295. The van der Waals surface area contributed by atoms with Crippen LogP contribution in [0.15, 0.2) is 42.5 Å². The first kappa shape index (κ1) is 21.3. The molecule has 2 aromatic carbocycles. The van der Waals surface area contributed by atoms with Gasteiger partial charge < -0.3 is 19.9 Å². The van der Waals surface area contributed by atoms with E-state index in [9.17, 15) is 14.7 Å². The predicted octanol–water partition coefficient (Wildman–Crippen LogP) is 4.50. The number of carbonyl (C=O) groups is 2. The van der Waals surface area contributed by atoms with Crippen molar-refractivity contribution in [1.29, 1.82) is 0 Å². The molecule has 0 spiro atoms. The maximum Gasteiger partial charge on any atom is 0.408 e. The van der Waals surface area contributed by atoms with E-state index in [1.165, 1.54) is 7.11 Å². The number of nitrogens with one attached hydrogen (secondary N) is 1. The minimum Gasteiger partial charge on any atom is -0.508 e. The molecular formula is C22H27NO5. The van der Waals surface area contributed by atoms with E-state index >= 15 is 0 Å². The van der Waals surface area contributed by atoms with E-state index in [-0.39, 0.29) is 12.2 Å². The maximum atomic E-state index is 12.2. The molecule has 0 aliphatic heterocycles. The van der Waals surface area contributed by atoms with E-state index in [0.29, 0.717) is 0 Å². The number of aryl methyl sites for hydroxylation is 1. The van der Waals surface area contributed by atoms with Crippen molar-refractivity contribution in [3.05, 3.63) is 53.6 Å². The molecule has 0 unspecified atom stereocenters. The van der Waals surface area contributed by atoms with E-state index in [2.05, 4.69) is 5.32 Å². The van der Waals surface area contributed by atoms with Gasteiger partial charge in [0.1, 0.15) is 11.4 Å². The highest BCUT2D eigenvalue weighted by Crippen LogP contribution is 2.30. The Bertz CT molecular complexity index is 854. The predicted molar refractivity (Wildman–Crippen MR) is 107 cm³/mol. The van der Waals surface area contributed by atoms with Crippen LogP contribution in [-0.2, 0) is 14.3 Å². The lowest BCUT2D eigenvalue weighted by molar-refractivity contribution is -0.141. The van der Waals surface area contributed by atoms with Gasteiger partial charge in [0.25, 0.3) is 0 Å². The number of carbonyl (C=O) groups excluding carboxylic acids is 2. The summed E-state index contributed by atoms with van der Waals surface area (Å²) >= 11 is 0. The highest BCUT2D eigenvalue weighted by atomic mass is 16.6. The molecule has 0 bridgehead atoms. The molecule has 0 saturated carbocycles. The summed E-state index contributed by atoms with van der Waals surface area (Å²) in [5, 5.41) is 12.6. The van der Waals surface area contributed by atoms with Crippen molar-refractivity contribution in [2.75, 3.05) is 7.11 Å². The first-order valence-corrected chi connectivity index (χ1v) is 9.05. The molecule has 28 heavy (non-hydrogen) atoms. The lowest BCUT2D eigenvalue weighted by Crippen LogP contribution is -2.36. The third-order valence-electron chi connectivity index (χ3n) is 4.11. The molecule has 0 heterocycles. The van der Waals surface area contributed by atoms with Crippen LogP contribution in [-0.4, -0.2) is 29.9 Å². The molecule has 1 atom stereocenters. The van der Waals surface area contributed by atoms with Crippen LogP contribution in [0.1, 0.15) is 44.4 Å². The monoisotopic (exact) mass is 385 g/mol. The van der Waals surface area contributed by atoms with Gasteiger partial charge in [-0.15, -0.1) is 0 Å². The summed E-state index contributed by atoms with van der Waals surface area (Å²) in [4.78, 5) is 24.1. The van der Waals surface area contributed by atoms with E-state index in [0.717, 1.165) is 22.3 Å². The van der Waals surface area contributed by atoms with Gasteiger partial charge in [0.05, 0.1) is 19.6 Å². The Morgan fingerprint density at radius 2 is 1.86 bits per heavy atom. The van der Waals surface area contributed by atoms with Crippen molar-refractivity contribution in [3.8, 4) is 16.9 Å². The van der Waals surface area contributed by atoms with Crippen molar-refractivity contribution in [1.82, 2.24) is 5.32 Å². The molecule has 0 fully saturated rings. The summed E-state index contributed by atoms with van der Waals surface area (Å²) in [5.74, 6) is -0.274. The van der Waals surface area contributed by atoms with Crippen molar-refractivity contribution in [2.24, 2.45) is 0 Å². The van der Waals surface area contributed by atoms with Crippen LogP contribution in [0.25, 0.3) is 11.1 Å². The third kappa shape index (κ3) is 6.01. The molecule has 0 aliphatic carbocycles. The molecule has 2 aromatic rings. The zero-order chi connectivity index (χ0) is 20.9. The molecule has 6 nitrogen and oxygen atoms in total. The number of rotatable bonds is 5. The first-order chi connectivity index (χ1) is 13.1. The van der Waals surface area contributed by atoms with Crippen LogP contribution in [0.2, 0.25) is 0 Å². The van der Waals surface area contributed by atoms with Gasteiger partial charge in [-0.05, 0) is 68.1 Å². The fraction of sp³-hybridized carbons (Fsp3) is 0.364. The molecule has 150 valence electrons. The van der Waals surface area contributed by atoms with Gasteiger partial charge in [0.15, 0.2) is 0 Å². The molecule has 0 aliphatic rings. The molecule has 0 aromatic heterocycles. The lowest BCUT2D eigenvalue weighted by Gasteiger charge is -2.24. The van der Waals surface area contributed by atoms with Crippen LogP contribution in [0, 0.1) is 6.92 Å². The summed E-state index contributed by atoms with van der Waals surface area (Å²) in [7, 11) is 1.30. The average molecular weight is 385 g/mol. The summed E-state index contributed by atoms with van der Waals surface area (Å²) in [5.41, 5.74) is 2.82. The maximum absolute atomic E-state index is 12.2. The molecular weight excluding hydrogens is 358 g/mol. The van der Waals surface area contributed by atoms with Gasteiger partial charge >= 0.3 is 12.1 Å². The number of aromatic hydroxyl groups is 1. The lowest BCUT2D eigenvalue weighted by atomic mass is 9.95. The number of benzene rings is 2. The SMILES string of the molecule is COC(=O)C[C@H](NC(=O)OC(C)(C)C)c1cccc(-c2cc(O)ccc2C)c1. The second-order valence-electron chi connectivity index (χ2n) is 7.60. The number of ether oxygens (including phenoxy) is 2. The zero-order valence-electron chi connectivity index (χ0n) is 16.9. The number of hydrogen-bond acceptors (Lipinski definition) is 5. The van der Waals surface area contributed by atoms with Gasteiger partial charge in [-0.1, -0.05) is 24.3 Å². The molecule has 0 radical (unpaired) electrons. The van der Waals surface area contributed by atoms with Crippen molar-refractivity contribution >= 4 is 12.1 Å². The quantitative estimate of drug-likeness (QED) is 0.741. The van der Waals surface area contributed by atoms with E-state index in [1.807, 2.05) is 37.3 Å². The van der Waals surface area contributed by atoms with Gasteiger partial charge in [-0.25, -0.2) is 4.79 Å². The topological polar surface area (TPSA) is 84.9 Å². The van der Waals surface area contributed by atoms with Crippen molar-refractivity contribution in [3.63, 3.8) is 0 Å². The second-order valence-corrected chi connectivity index (χ2v) is 7.60. The number of methoxy groups -OCH3 is 1. The molecule has 6 heteroatoms. The van der Waals surface area contributed by atoms with Crippen molar-refractivity contribution in [2.45, 2.75) is 45.8 Å². The Labute approximate surface area is 165 Å². The summed E-state index contributed by atoms with van der Waals surface area (Å²) in [6, 6.07) is 12.0. The van der Waals surface area contributed by atoms with Crippen molar-refractivity contribution < 1.29 is 24.2 Å². The third-order valence-corrected chi connectivity index (χ3v) is 4.11. The fourth-order valence-corrected chi connectivity index (χ4v) is 2.80. The van der Waals surface area contributed by atoms with Gasteiger partial charge in [0, 0.05) is 0 Å². The Kier molecular flexibility index (Phi) is 6.67. The number of phenolic OH excluding ortho intramolecular Hbond substituents is 1. The van der Waals surface area contributed by atoms with E-state index in [1.54, 1.807) is 32.9 Å². The molecule has 1 amide bonds. The van der Waals surface area contributed by atoms with Crippen LogP contribution < -0.4 is 5.32 Å². The van der Waals surface area contributed by atoms with Crippen LogP contribution in [0.5, 0.6) is 5.75 Å². The largest absolute Gasteiger partial charge is 0.508 e. The minimum atomic E-state index is -0.652. The number of alkyl carbamates (subject to hydrolysis) is 1. The average Bonchev–Trinajstić information content (AvgIpc) is 2.61. The van der Waals surface area contributed by atoms with Crippen LogP contribution in [0.3, 0.4) is 0 Å². The van der Waals surface area contributed by atoms with E-state index in [4.69, 9.17) is 9.47 Å². The Morgan fingerprint density at radius 1 is 1.14 bits per heavy atom. The standard InChI is InChI=1S/C22H27NO5/c1-14-9-10-17(24)12-18(14)15-7-6-8-16(11-15)19(13-20(25)27-5)23-21(26)28-22(2,3)4/h6-12,19,24H,13H2,1-5H3,(H,23,26)/t19-/m0/s1. The van der Waals surface area contributed by atoms with E-state index < -0.39 is 23.7 Å². The van der Waals surface area contributed by atoms with Gasteiger partial charge in [-0.2, -0.15) is 0 Å². The summed E-state index contributed by atoms with van der Waals surface area (Å²) in [6.45, 7) is 7.26. The Balaban J connectivity index is 2.36. The fourth-order valence-electron chi connectivity index (χ4n) is 2.80. The Hall–Kier alpha value is -3.02. The summed E-state index contributed by atoms with van der Waals surface area (Å²) < 4.78 is 10.1. The van der Waals surface area contributed by atoms with Gasteiger partial charge in [0.2, 0.25) is 0 Å². The highest BCUT2D eigenvalue weighted by molar-refractivity contribution is 5.74. The number of amides is 1. The first-order valence-electron chi connectivity index (χ1n) is 9.05. The van der Waals surface area contributed by atoms with Crippen LogP contribution in [0.4, 0.5) is 4.79 Å². The van der Waals surface area contributed by atoms with Gasteiger partial charge in [-0.3, -0.25) is 4.79 Å². The summed E-state index contributed by atoms with van der Waals surface area (Å²) in [6.07, 6.45) is -0.640. The zero-order valence-corrected chi connectivity index (χ0v) is 16.9. The number of phenols is 1. The smallest absolute Gasteiger partial charge is 0.408 e. The van der Waals surface area contributed by atoms with Crippen LogP contribution >= 0.6 is 0 Å². The molecule has 2 rings (SSSR count).